The second-order valence-electron chi connectivity index (χ2n) is 11.0. The summed E-state index contributed by atoms with van der Waals surface area (Å²) in [5, 5.41) is 4.05. The van der Waals surface area contributed by atoms with Crippen molar-refractivity contribution in [2.24, 2.45) is 22.5 Å². The van der Waals surface area contributed by atoms with Crippen LogP contribution in [0.1, 0.15) is 83.1 Å². The van der Waals surface area contributed by atoms with Crippen molar-refractivity contribution < 1.29 is 0 Å². The van der Waals surface area contributed by atoms with E-state index in [9.17, 15) is 0 Å². The lowest BCUT2D eigenvalue weighted by molar-refractivity contribution is -0.127. The molecule has 4 unspecified atom stereocenters. The summed E-state index contributed by atoms with van der Waals surface area (Å²) in [7, 11) is 0. The van der Waals surface area contributed by atoms with E-state index in [0.29, 0.717) is 28.3 Å². The van der Waals surface area contributed by atoms with Crippen molar-refractivity contribution in [3.05, 3.63) is 35.9 Å². The van der Waals surface area contributed by atoms with E-state index >= 15 is 0 Å². The van der Waals surface area contributed by atoms with Gasteiger partial charge in [-0.1, -0.05) is 43.7 Å². The van der Waals surface area contributed by atoms with Crippen LogP contribution in [0.5, 0.6) is 0 Å². The average molecular weight is 367 g/mol. The Balaban J connectivity index is 1.40. The zero-order valence-electron chi connectivity index (χ0n) is 17.2. The van der Waals surface area contributed by atoms with Gasteiger partial charge in [-0.15, -0.1) is 0 Å². The third-order valence-corrected chi connectivity index (χ3v) is 8.97. The molecule has 5 fully saturated rings. The van der Waals surface area contributed by atoms with E-state index in [4.69, 9.17) is 5.73 Å². The molecule has 6 rings (SSSR count). The van der Waals surface area contributed by atoms with Crippen LogP contribution in [0.2, 0.25) is 0 Å². The molecule has 27 heavy (non-hydrogen) atoms. The predicted octanol–water partition coefficient (Wildman–Crippen LogP) is 5.16. The third-order valence-electron chi connectivity index (χ3n) is 8.97. The Labute approximate surface area is 165 Å². The summed E-state index contributed by atoms with van der Waals surface area (Å²) in [5.41, 5.74) is 9.35. The highest BCUT2D eigenvalue weighted by atomic mass is 14.9. The van der Waals surface area contributed by atoms with Crippen LogP contribution in [0.4, 0.5) is 0 Å². The van der Waals surface area contributed by atoms with Gasteiger partial charge in [0, 0.05) is 18.6 Å². The zero-order chi connectivity index (χ0) is 18.5. The first kappa shape index (κ1) is 18.2. The van der Waals surface area contributed by atoms with Crippen LogP contribution in [0.15, 0.2) is 30.3 Å². The Bertz CT molecular complexity index is 664. The molecule has 5 aliphatic rings. The first-order valence-corrected chi connectivity index (χ1v) is 11.6. The van der Waals surface area contributed by atoms with Crippen LogP contribution < -0.4 is 11.1 Å². The molecule has 2 heteroatoms. The summed E-state index contributed by atoms with van der Waals surface area (Å²) in [6.45, 7) is 3.72. The molecule has 1 aromatic carbocycles. The fourth-order valence-electron chi connectivity index (χ4n) is 8.23. The molecule has 4 bridgehead atoms. The maximum atomic E-state index is 6.13. The first-order chi connectivity index (χ1) is 13.0. The highest BCUT2D eigenvalue weighted by Gasteiger charge is 2.62. The van der Waals surface area contributed by atoms with E-state index in [1.165, 1.54) is 77.2 Å². The van der Waals surface area contributed by atoms with Gasteiger partial charge in [0.2, 0.25) is 0 Å². The van der Waals surface area contributed by atoms with Gasteiger partial charge < -0.3 is 11.1 Å². The molecule has 3 N–H and O–H groups in total. The molecule has 0 spiro atoms. The smallest absolute Gasteiger partial charge is 0.00684 e. The molecule has 5 aliphatic carbocycles. The quantitative estimate of drug-likeness (QED) is 0.755. The minimum absolute atomic E-state index is 0.451. The summed E-state index contributed by atoms with van der Waals surface area (Å²) in [4.78, 5) is 0. The van der Waals surface area contributed by atoms with E-state index in [-0.39, 0.29) is 0 Å². The van der Waals surface area contributed by atoms with Crippen molar-refractivity contribution >= 4 is 0 Å². The van der Waals surface area contributed by atoms with Gasteiger partial charge in [-0.2, -0.15) is 0 Å². The summed E-state index contributed by atoms with van der Waals surface area (Å²) in [5.74, 6) is 0.947. The van der Waals surface area contributed by atoms with E-state index < -0.39 is 0 Å². The summed E-state index contributed by atoms with van der Waals surface area (Å²) < 4.78 is 0. The number of rotatable bonds is 5. The van der Waals surface area contributed by atoms with Crippen LogP contribution in [-0.4, -0.2) is 18.6 Å². The number of nitrogens with one attached hydrogen (secondary N) is 1. The van der Waals surface area contributed by atoms with Crippen molar-refractivity contribution in [2.45, 2.75) is 95.1 Å². The summed E-state index contributed by atoms with van der Waals surface area (Å²) in [6, 6.07) is 12.7. The van der Waals surface area contributed by atoms with Crippen LogP contribution in [-0.2, 0) is 5.41 Å². The van der Waals surface area contributed by atoms with Crippen LogP contribution in [0.3, 0.4) is 0 Å². The van der Waals surface area contributed by atoms with Crippen LogP contribution in [0, 0.1) is 16.7 Å². The predicted molar refractivity (Wildman–Crippen MR) is 113 cm³/mol. The largest absolute Gasteiger partial charge is 0.328 e. The Morgan fingerprint density at radius 3 is 2.37 bits per heavy atom. The molecule has 0 aliphatic heterocycles. The standard InChI is InChI=1S/C25H38N2/c1-2-23-12-19-13-24(15-23,18-27-22-10-8-21(26)9-11-22)17-25(14-19,16-23)20-6-4-3-5-7-20/h3-7,19,21-22,27H,2,8-18,26H2,1H3. The normalized spacial score (nSPS) is 45.9. The third kappa shape index (κ3) is 3.17. The minimum atomic E-state index is 0.451. The van der Waals surface area contributed by atoms with Gasteiger partial charge in [-0.25, -0.2) is 0 Å². The van der Waals surface area contributed by atoms with Gasteiger partial charge >= 0.3 is 0 Å². The second-order valence-corrected chi connectivity index (χ2v) is 11.0. The Kier molecular flexibility index (Phi) is 4.44. The van der Waals surface area contributed by atoms with Crippen molar-refractivity contribution in [1.29, 1.82) is 0 Å². The number of nitrogens with two attached hydrogens (primary N) is 1. The van der Waals surface area contributed by atoms with Crippen LogP contribution >= 0.6 is 0 Å². The van der Waals surface area contributed by atoms with E-state index in [1.807, 2.05) is 0 Å². The molecule has 1 aromatic rings. The average Bonchev–Trinajstić information content (AvgIpc) is 2.67. The van der Waals surface area contributed by atoms with Gasteiger partial charge in [0.15, 0.2) is 0 Å². The molecule has 0 amide bonds. The fraction of sp³-hybridized carbons (Fsp3) is 0.760. The Hall–Kier alpha value is -0.860. The highest BCUT2D eigenvalue weighted by Crippen LogP contribution is 2.70. The van der Waals surface area contributed by atoms with Gasteiger partial charge in [-0.05, 0) is 91.9 Å². The molecule has 0 saturated heterocycles. The topological polar surface area (TPSA) is 38.0 Å². The molecule has 0 radical (unpaired) electrons. The van der Waals surface area contributed by atoms with Crippen molar-refractivity contribution in [2.75, 3.05) is 6.54 Å². The van der Waals surface area contributed by atoms with Gasteiger partial charge in [0.25, 0.3) is 0 Å². The maximum absolute atomic E-state index is 6.13. The van der Waals surface area contributed by atoms with Crippen LogP contribution in [0.25, 0.3) is 0 Å². The molecule has 148 valence electrons. The van der Waals surface area contributed by atoms with Gasteiger partial charge in [0.05, 0.1) is 0 Å². The Morgan fingerprint density at radius 1 is 0.926 bits per heavy atom. The van der Waals surface area contributed by atoms with Gasteiger partial charge in [-0.3, -0.25) is 0 Å². The number of hydrogen-bond donors (Lipinski definition) is 2. The molecule has 0 aromatic heterocycles. The zero-order valence-corrected chi connectivity index (χ0v) is 17.2. The van der Waals surface area contributed by atoms with Crippen molar-refractivity contribution in [3.63, 3.8) is 0 Å². The molecular weight excluding hydrogens is 328 g/mol. The van der Waals surface area contributed by atoms with Gasteiger partial charge in [0.1, 0.15) is 0 Å². The van der Waals surface area contributed by atoms with Crippen molar-refractivity contribution in [3.8, 4) is 0 Å². The number of hydrogen-bond acceptors (Lipinski definition) is 2. The van der Waals surface area contributed by atoms with E-state index in [0.717, 1.165) is 5.92 Å². The fourth-order valence-corrected chi connectivity index (χ4v) is 8.23. The lowest BCUT2D eigenvalue weighted by atomic mass is 9.38. The molecular formula is C25H38N2. The maximum Gasteiger partial charge on any atom is 0.00684 e. The first-order valence-electron chi connectivity index (χ1n) is 11.6. The monoisotopic (exact) mass is 366 g/mol. The minimum Gasteiger partial charge on any atom is -0.328 e. The van der Waals surface area contributed by atoms with E-state index in [2.05, 4.69) is 42.6 Å². The van der Waals surface area contributed by atoms with E-state index in [1.54, 1.807) is 5.56 Å². The summed E-state index contributed by atoms with van der Waals surface area (Å²) in [6.07, 6.45) is 15.1. The highest BCUT2D eigenvalue weighted by molar-refractivity contribution is 5.32. The summed E-state index contributed by atoms with van der Waals surface area (Å²) >= 11 is 0. The lowest BCUT2D eigenvalue weighted by Crippen LogP contribution is -2.61. The molecule has 4 atom stereocenters. The second kappa shape index (κ2) is 6.59. The SMILES string of the molecule is CCC12CC3CC(CNC4CCC(N)CC4)(C1)CC(c1ccccc1)(C3)C2. The number of benzene rings is 1. The molecule has 2 nitrogen and oxygen atoms in total. The Morgan fingerprint density at radius 2 is 1.63 bits per heavy atom. The molecule has 5 saturated carbocycles. The molecule has 0 heterocycles. The van der Waals surface area contributed by atoms with Crippen molar-refractivity contribution in [1.82, 2.24) is 5.32 Å². The lowest BCUT2D eigenvalue weighted by Gasteiger charge is -2.67.